The fraction of sp³-hybridized carbons (Fsp3) is 0.364. The van der Waals surface area contributed by atoms with Crippen LogP contribution in [0.1, 0.15) is 0 Å². The van der Waals surface area contributed by atoms with E-state index in [1.54, 1.807) is 24.1 Å². The Morgan fingerprint density at radius 2 is 2.06 bits per heavy atom. The predicted octanol–water partition coefficient (Wildman–Crippen LogP) is 0.979. The highest BCUT2D eigenvalue weighted by Crippen LogP contribution is 2.33. The van der Waals surface area contributed by atoms with Crippen molar-refractivity contribution in [1.29, 1.82) is 0 Å². The van der Waals surface area contributed by atoms with Gasteiger partial charge in [-0.05, 0) is 12.1 Å². The molecule has 0 radical (unpaired) electrons. The molecule has 5 nitrogen and oxygen atoms in total. The third-order valence-electron chi connectivity index (χ3n) is 2.34. The minimum atomic E-state index is -0.864. The maximum absolute atomic E-state index is 10.6. The molecule has 5 heteroatoms. The van der Waals surface area contributed by atoms with Gasteiger partial charge in [-0.3, -0.25) is 4.79 Å². The molecule has 0 amide bonds. The van der Waals surface area contributed by atoms with Crippen molar-refractivity contribution >= 4 is 11.7 Å². The number of anilines is 1. The van der Waals surface area contributed by atoms with Crippen molar-refractivity contribution in [2.24, 2.45) is 0 Å². The molecular weight excluding hydrogens is 210 g/mol. The molecule has 1 aromatic carbocycles. The Kier molecular flexibility index (Phi) is 2.85. The first-order chi connectivity index (χ1) is 7.66. The first kappa shape index (κ1) is 10.6. The number of carboxylic acid groups (broad SMARTS) is 1. The lowest BCUT2D eigenvalue weighted by molar-refractivity contribution is -0.135. The fourth-order valence-corrected chi connectivity index (χ4v) is 1.56. The van der Waals surface area contributed by atoms with E-state index in [0.717, 1.165) is 5.69 Å². The summed E-state index contributed by atoms with van der Waals surface area (Å²) in [4.78, 5) is 12.2. The average molecular weight is 223 g/mol. The molecule has 0 bridgehead atoms. The van der Waals surface area contributed by atoms with Crippen molar-refractivity contribution in [3.05, 3.63) is 18.2 Å². The third kappa shape index (κ3) is 2.18. The summed E-state index contributed by atoms with van der Waals surface area (Å²) in [5.41, 5.74) is 0.798. The Morgan fingerprint density at radius 1 is 1.38 bits per heavy atom. The lowest BCUT2D eigenvalue weighted by atomic mass is 10.2. The normalized spacial score (nSPS) is 13.3. The van der Waals surface area contributed by atoms with Crippen molar-refractivity contribution in [2.75, 3.05) is 31.7 Å². The maximum atomic E-state index is 10.6. The third-order valence-corrected chi connectivity index (χ3v) is 2.34. The van der Waals surface area contributed by atoms with Crippen molar-refractivity contribution in [2.45, 2.75) is 0 Å². The van der Waals surface area contributed by atoms with Crippen LogP contribution in [0.15, 0.2) is 18.2 Å². The van der Waals surface area contributed by atoms with Crippen LogP contribution in [0.3, 0.4) is 0 Å². The molecule has 1 N–H and O–H groups in total. The first-order valence-electron chi connectivity index (χ1n) is 4.99. The smallest absolute Gasteiger partial charge is 0.323 e. The number of likely N-dealkylation sites (N-methyl/N-ethyl adjacent to an activating group) is 1. The highest BCUT2D eigenvalue weighted by atomic mass is 16.6. The molecule has 0 atom stereocenters. The van der Waals surface area contributed by atoms with Gasteiger partial charge in [-0.1, -0.05) is 0 Å². The summed E-state index contributed by atoms with van der Waals surface area (Å²) in [6.45, 7) is 1.04. The van der Waals surface area contributed by atoms with Crippen LogP contribution in [-0.2, 0) is 4.79 Å². The van der Waals surface area contributed by atoms with Gasteiger partial charge in [0.1, 0.15) is 19.8 Å². The van der Waals surface area contributed by atoms with Gasteiger partial charge < -0.3 is 19.5 Å². The summed E-state index contributed by atoms with van der Waals surface area (Å²) in [5, 5.41) is 8.69. The number of hydrogen-bond donors (Lipinski definition) is 1. The van der Waals surface area contributed by atoms with Gasteiger partial charge in [0.15, 0.2) is 11.5 Å². The van der Waals surface area contributed by atoms with E-state index >= 15 is 0 Å². The number of rotatable bonds is 3. The molecular formula is C11H13NO4. The zero-order valence-corrected chi connectivity index (χ0v) is 8.97. The average Bonchev–Trinajstić information content (AvgIpc) is 2.27. The topological polar surface area (TPSA) is 59.0 Å². The SMILES string of the molecule is CN(CC(=O)O)c1ccc2c(c1)OCCO2. The Morgan fingerprint density at radius 3 is 2.75 bits per heavy atom. The maximum Gasteiger partial charge on any atom is 0.323 e. The number of benzene rings is 1. The van der Waals surface area contributed by atoms with Crippen LogP contribution in [0.25, 0.3) is 0 Å². The molecule has 0 aliphatic carbocycles. The van der Waals surface area contributed by atoms with Crippen molar-refractivity contribution in [1.82, 2.24) is 0 Å². The van der Waals surface area contributed by atoms with Crippen molar-refractivity contribution in [3.63, 3.8) is 0 Å². The predicted molar refractivity (Wildman–Crippen MR) is 58.3 cm³/mol. The van der Waals surface area contributed by atoms with Gasteiger partial charge >= 0.3 is 5.97 Å². The van der Waals surface area contributed by atoms with Crippen LogP contribution >= 0.6 is 0 Å². The zero-order chi connectivity index (χ0) is 11.5. The molecule has 1 aromatic rings. The molecule has 0 saturated carbocycles. The van der Waals surface area contributed by atoms with Crippen molar-refractivity contribution in [3.8, 4) is 11.5 Å². The summed E-state index contributed by atoms with van der Waals surface area (Å²) in [7, 11) is 1.72. The van der Waals surface area contributed by atoms with Crippen LogP contribution in [0.4, 0.5) is 5.69 Å². The van der Waals surface area contributed by atoms with Gasteiger partial charge in [0.05, 0.1) is 0 Å². The summed E-state index contributed by atoms with van der Waals surface area (Å²) in [6, 6.07) is 5.40. The van der Waals surface area contributed by atoms with Gasteiger partial charge in [0.2, 0.25) is 0 Å². The standard InChI is InChI=1S/C11H13NO4/c1-12(7-11(13)14)8-2-3-9-10(6-8)16-5-4-15-9/h2-3,6H,4-5,7H2,1H3,(H,13,14). The summed E-state index contributed by atoms with van der Waals surface area (Å²) in [5.74, 6) is 0.511. The zero-order valence-electron chi connectivity index (χ0n) is 8.97. The van der Waals surface area contributed by atoms with Gasteiger partial charge in [0, 0.05) is 18.8 Å². The van der Waals surface area contributed by atoms with E-state index < -0.39 is 5.97 Å². The van der Waals surface area contributed by atoms with Crippen LogP contribution in [0.2, 0.25) is 0 Å². The lowest BCUT2D eigenvalue weighted by Crippen LogP contribution is -2.25. The second kappa shape index (κ2) is 4.30. The number of carboxylic acids is 1. The van der Waals surface area contributed by atoms with E-state index in [4.69, 9.17) is 14.6 Å². The molecule has 0 unspecified atom stereocenters. The second-order valence-corrected chi connectivity index (χ2v) is 3.58. The molecule has 1 heterocycles. The summed E-state index contributed by atoms with van der Waals surface area (Å²) < 4.78 is 10.8. The van der Waals surface area contributed by atoms with E-state index in [2.05, 4.69) is 0 Å². The number of fused-ring (bicyclic) bond motifs is 1. The Bertz CT molecular complexity index is 405. The first-order valence-corrected chi connectivity index (χ1v) is 4.99. The highest BCUT2D eigenvalue weighted by Gasteiger charge is 2.14. The number of ether oxygens (including phenoxy) is 2. The number of nitrogens with zero attached hydrogens (tertiary/aromatic N) is 1. The lowest BCUT2D eigenvalue weighted by Gasteiger charge is -2.22. The van der Waals surface area contributed by atoms with E-state index in [9.17, 15) is 4.79 Å². The molecule has 0 spiro atoms. The Hall–Kier alpha value is -1.91. The van der Waals surface area contributed by atoms with Crippen LogP contribution < -0.4 is 14.4 Å². The van der Waals surface area contributed by atoms with Crippen LogP contribution in [-0.4, -0.2) is 37.9 Å². The monoisotopic (exact) mass is 223 g/mol. The molecule has 16 heavy (non-hydrogen) atoms. The number of hydrogen-bond acceptors (Lipinski definition) is 4. The fourth-order valence-electron chi connectivity index (χ4n) is 1.56. The quantitative estimate of drug-likeness (QED) is 0.827. The van der Waals surface area contributed by atoms with E-state index in [1.165, 1.54) is 0 Å². The molecule has 1 aliphatic rings. The van der Waals surface area contributed by atoms with Gasteiger partial charge in [-0.15, -0.1) is 0 Å². The molecule has 2 rings (SSSR count). The van der Waals surface area contributed by atoms with Gasteiger partial charge in [0.25, 0.3) is 0 Å². The van der Waals surface area contributed by atoms with Crippen LogP contribution in [0, 0.1) is 0 Å². The molecule has 0 fully saturated rings. The number of carbonyl (C=O) groups is 1. The van der Waals surface area contributed by atoms with Gasteiger partial charge in [-0.25, -0.2) is 0 Å². The van der Waals surface area contributed by atoms with Gasteiger partial charge in [-0.2, -0.15) is 0 Å². The van der Waals surface area contributed by atoms with Crippen molar-refractivity contribution < 1.29 is 19.4 Å². The van der Waals surface area contributed by atoms with E-state index in [0.29, 0.717) is 24.7 Å². The Balaban J connectivity index is 2.19. The minimum absolute atomic E-state index is 0.0420. The Labute approximate surface area is 93.2 Å². The van der Waals surface area contributed by atoms with E-state index in [-0.39, 0.29) is 6.54 Å². The molecule has 0 saturated heterocycles. The van der Waals surface area contributed by atoms with E-state index in [1.807, 2.05) is 6.07 Å². The van der Waals surface area contributed by atoms with Crippen LogP contribution in [0.5, 0.6) is 11.5 Å². The molecule has 1 aliphatic heterocycles. The largest absolute Gasteiger partial charge is 0.486 e. The highest BCUT2D eigenvalue weighted by molar-refractivity contribution is 5.74. The molecule has 0 aromatic heterocycles. The minimum Gasteiger partial charge on any atom is -0.486 e. The summed E-state index contributed by atoms with van der Waals surface area (Å²) >= 11 is 0. The second-order valence-electron chi connectivity index (χ2n) is 3.58. The molecule has 86 valence electrons. The number of aliphatic carboxylic acids is 1. The summed E-state index contributed by atoms with van der Waals surface area (Å²) in [6.07, 6.45) is 0.